The SMILES string of the molecule is COC(=O)NC(Cc1cccs1)C(=O)N1C[Si](C)(C)C[C@H]1c1nc2ccc3cc(-c4ccc(-c5cnc([C@@H]6CCCN6C(=O)[C@@H](NC(=O)OC)C(C)C)[nH]5)cc4)ccc3c2[nH]1. The number of carbonyl (C=O) groups is 4. The van der Waals surface area contributed by atoms with Gasteiger partial charge in [-0.1, -0.05) is 75.5 Å². The lowest BCUT2D eigenvalue weighted by atomic mass is 9.99. The van der Waals surface area contributed by atoms with Crippen molar-refractivity contribution >= 4 is 65.2 Å². The maximum atomic E-state index is 14.3. The molecule has 0 saturated carbocycles. The van der Waals surface area contributed by atoms with Crippen LogP contribution in [-0.2, 0) is 25.5 Å². The number of thiophene rings is 1. The second-order valence-corrected chi connectivity index (χ2v) is 23.2. The highest BCUT2D eigenvalue weighted by molar-refractivity contribution is 7.09. The molecule has 6 aromatic rings. The first-order valence-electron chi connectivity index (χ1n) is 20.7. The average Bonchev–Trinajstić information content (AvgIpc) is 4.11. The molecule has 16 heteroatoms. The van der Waals surface area contributed by atoms with E-state index in [1.165, 1.54) is 14.2 Å². The molecule has 2 aliphatic rings. The fourth-order valence-corrected chi connectivity index (χ4v) is 12.5. The number of ether oxygens (including phenoxy) is 2. The van der Waals surface area contributed by atoms with Crippen molar-refractivity contribution in [2.24, 2.45) is 5.92 Å². The van der Waals surface area contributed by atoms with Gasteiger partial charge in [0.2, 0.25) is 11.8 Å². The maximum absolute atomic E-state index is 14.3. The number of aromatic nitrogens is 4. The van der Waals surface area contributed by atoms with Gasteiger partial charge >= 0.3 is 12.2 Å². The van der Waals surface area contributed by atoms with E-state index in [4.69, 9.17) is 19.4 Å². The number of nitrogens with zero attached hydrogens (tertiary/aromatic N) is 4. The lowest BCUT2D eigenvalue weighted by Gasteiger charge is -2.30. The summed E-state index contributed by atoms with van der Waals surface area (Å²) in [5, 5.41) is 9.57. The second-order valence-electron chi connectivity index (χ2n) is 17.1. The molecule has 1 unspecified atom stereocenters. The Morgan fingerprint density at radius 3 is 2.33 bits per heavy atom. The number of amides is 4. The van der Waals surface area contributed by atoms with Gasteiger partial charge in [-0.15, -0.1) is 11.3 Å². The molecular weight excluding hydrogens is 809 g/mol. The Balaban J connectivity index is 0.999. The zero-order valence-corrected chi connectivity index (χ0v) is 37.1. The number of methoxy groups -OCH3 is 2. The van der Waals surface area contributed by atoms with Crippen molar-refractivity contribution in [1.29, 1.82) is 0 Å². The Morgan fingerprint density at radius 1 is 0.869 bits per heavy atom. The fraction of sp³-hybridized carbons (Fsp3) is 0.378. The van der Waals surface area contributed by atoms with E-state index in [0.29, 0.717) is 19.1 Å². The van der Waals surface area contributed by atoms with Crippen LogP contribution in [-0.4, -0.2) is 101 Å². The summed E-state index contributed by atoms with van der Waals surface area (Å²) in [7, 11) is 0.785. The van der Waals surface area contributed by atoms with Crippen molar-refractivity contribution < 1.29 is 28.7 Å². The molecule has 5 heterocycles. The Morgan fingerprint density at radius 2 is 1.61 bits per heavy atom. The second kappa shape index (κ2) is 17.2. The molecule has 4 amide bonds. The Kier molecular flexibility index (Phi) is 11.7. The third kappa shape index (κ3) is 8.64. The summed E-state index contributed by atoms with van der Waals surface area (Å²) in [6.45, 7) is 8.98. The summed E-state index contributed by atoms with van der Waals surface area (Å²) < 4.78 is 9.67. The number of hydrogen-bond acceptors (Lipinski definition) is 9. The van der Waals surface area contributed by atoms with E-state index in [1.54, 1.807) is 11.3 Å². The number of likely N-dealkylation sites (tertiary alicyclic amines) is 1. The normalized spacial score (nSPS) is 18.4. The van der Waals surface area contributed by atoms with Crippen molar-refractivity contribution in [3.63, 3.8) is 0 Å². The number of H-pyrrole nitrogens is 2. The van der Waals surface area contributed by atoms with Gasteiger partial charge in [0.25, 0.3) is 0 Å². The van der Waals surface area contributed by atoms with Gasteiger partial charge in [0.15, 0.2) is 0 Å². The van der Waals surface area contributed by atoms with Gasteiger partial charge < -0.3 is 39.9 Å². The largest absolute Gasteiger partial charge is 0.453 e. The summed E-state index contributed by atoms with van der Waals surface area (Å²) in [5.74, 6) is 1.10. The zero-order chi connectivity index (χ0) is 43.0. The lowest BCUT2D eigenvalue weighted by molar-refractivity contribution is -0.135. The number of benzene rings is 3. The molecule has 14 nitrogen and oxygen atoms in total. The van der Waals surface area contributed by atoms with Crippen molar-refractivity contribution in [3.05, 3.63) is 94.8 Å². The van der Waals surface area contributed by atoms with Gasteiger partial charge in [-0.2, -0.15) is 0 Å². The summed E-state index contributed by atoms with van der Waals surface area (Å²) in [5.41, 5.74) is 5.72. The van der Waals surface area contributed by atoms with E-state index >= 15 is 0 Å². The minimum Gasteiger partial charge on any atom is -0.453 e. The molecule has 4 atom stereocenters. The number of nitrogens with one attached hydrogen (secondary N) is 4. The van der Waals surface area contributed by atoms with Gasteiger partial charge in [0, 0.05) is 29.4 Å². The molecule has 3 aromatic heterocycles. The van der Waals surface area contributed by atoms with Gasteiger partial charge in [-0.3, -0.25) is 9.59 Å². The summed E-state index contributed by atoms with van der Waals surface area (Å²) >= 11 is 1.56. The van der Waals surface area contributed by atoms with Crippen LogP contribution in [0.2, 0.25) is 19.1 Å². The third-order valence-corrected chi connectivity index (χ3v) is 15.5. The van der Waals surface area contributed by atoms with Gasteiger partial charge in [0.1, 0.15) is 23.7 Å². The number of rotatable bonds is 11. The standard InChI is InChI=1S/C45H52N8O6SSi/c1-26(2)38(51-45(57)59-4)43(55)52-19-7-10-36(52)40-46-23-35(48-40)28-13-11-27(12-14-28)29-15-17-32-30(21-29)16-18-33-39(32)50-41(47-33)37-24-61(5,6)25-53(37)42(54)34(49-44(56)58-3)22-31-9-8-20-60-31/h8-9,11-18,20-21,23,26,34,36-38H,7,10,19,22,24-25H2,1-6H3,(H,46,48)(H,47,50)(H,49,56)(H,51,57)/t34?,36-,37-,38-/m0/s1. The molecule has 2 saturated heterocycles. The van der Waals surface area contributed by atoms with E-state index in [1.807, 2.05) is 53.4 Å². The van der Waals surface area contributed by atoms with Crippen LogP contribution in [0, 0.1) is 5.92 Å². The first-order chi connectivity index (χ1) is 29.3. The lowest BCUT2D eigenvalue weighted by Crippen LogP contribution is -2.51. The third-order valence-electron chi connectivity index (χ3n) is 11.9. The molecule has 61 heavy (non-hydrogen) atoms. The fourth-order valence-electron chi connectivity index (χ4n) is 8.83. The molecule has 4 N–H and O–H groups in total. The van der Waals surface area contributed by atoms with E-state index in [-0.39, 0.29) is 29.8 Å². The number of imidazole rings is 2. The highest BCUT2D eigenvalue weighted by Crippen LogP contribution is 2.39. The molecule has 0 spiro atoms. The first-order valence-corrected chi connectivity index (χ1v) is 25.0. The van der Waals surface area contributed by atoms with Crippen LogP contribution in [0.4, 0.5) is 9.59 Å². The summed E-state index contributed by atoms with van der Waals surface area (Å²) in [6, 6.07) is 21.7. The monoisotopic (exact) mass is 860 g/mol. The van der Waals surface area contributed by atoms with E-state index in [0.717, 1.165) is 79.6 Å². The van der Waals surface area contributed by atoms with Crippen LogP contribution in [0.15, 0.2) is 78.3 Å². The van der Waals surface area contributed by atoms with Crippen LogP contribution in [0.3, 0.4) is 0 Å². The van der Waals surface area contributed by atoms with Crippen LogP contribution >= 0.6 is 11.3 Å². The minimum atomic E-state index is -1.81. The molecule has 2 fully saturated rings. The molecule has 0 bridgehead atoms. The van der Waals surface area contributed by atoms with Crippen molar-refractivity contribution in [3.8, 4) is 22.4 Å². The maximum Gasteiger partial charge on any atom is 0.407 e. The number of fused-ring (bicyclic) bond motifs is 3. The molecule has 318 valence electrons. The summed E-state index contributed by atoms with van der Waals surface area (Å²) in [6.07, 6.45) is 3.23. The van der Waals surface area contributed by atoms with Gasteiger partial charge in [-0.25, -0.2) is 19.6 Å². The molecule has 3 aromatic carbocycles. The minimum absolute atomic E-state index is 0.110. The molecular formula is C45H52N8O6SSi. The number of hydrogen-bond donors (Lipinski definition) is 4. The Labute approximate surface area is 359 Å². The van der Waals surface area contributed by atoms with Crippen molar-refractivity contribution in [1.82, 2.24) is 40.4 Å². The smallest absolute Gasteiger partial charge is 0.407 e. The number of carbonyl (C=O) groups excluding carboxylic acids is 4. The molecule has 8 rings (SSSR count). The predicted molar refractivity (Wildman–Crippen MR) is 239 cm³/mol. The van der Waals surface area contributed by atoms with Crippen molar-refractivity contribution in [2.75, 3.05) is 26.9 Å². The molecule has 0 aliphatic carbocycles. The predicted octanol–water partition coefficient (Wildman–Crippen LogP) is 7.98. The zero-order valence-electron chi connectivity index (χ0n) is 35.3. The van der Waals surface area contributed by atoms with E-state index in [2.05, 4.69) is 82.2 Å². The Hall–Kier alpha value is -6.00. The summed E-state index contributed by atoms with van der Waals surface area (Å²) in [4.78, 5) is 73.8. The first kappa shape index (κ1) is 41.7. The molecule has 0 radical (unpaired) electrons. The number of alkyl carbamates (subject to hydrolysis) is 2. The van der Waals surface area contributed by atoms with Crippen LogP contribution in [0.25, 0.3) is 44.2 Å². The van der Waals surface area contributed by atoms with E-state index in [9.17, 15) is 19.2 Å². The van der Waals surface area contributed by atoms with Crippen LogP contribution in [0.1, 0.15) is 55.3 Å². The highest BCUT2D eigenvalue weighted by atomic mass is 32.1. The quantitative estimate of drug-likeness (QED) is 0.0949. The van der Waals surface area contributed by atoms with Crippen molar-refractivity contribution in [2.45, 2.75) is 76.4 Å². The molecule has 2 aliphatic heterocycles. The topological polar surface area (TPSA) is 175 Å². The van der Waals surface area contributed by atoms with Gasteiger partial charge in [0.05, 0.1) is 57.3 Å². The van der Waals surface area contributed by atoms with Crippen LogP contribution < -0.4 is 10.6 Å². The Bertz CT molecular complexity index is 2570. The highest BCUT2D eigenvalue weighted by Gasteiger charge is 2.45. The van der Waals surface area contributed by atoms with Gasteiger partial charge in [-0.05, 0) is 70.5 Å². The average molecular weight is 861 g/mol. The van der Waals surface area contributed by atoms with E-state index < -0.39 is 32.3 Å². The van der Waals surface area contributed by atoms with Crippen LogP contribution in [0.5, 0.6) is 0 Å². The number of aromatic amines is 2.